The number of hydrogen-bond acceptors (Lipinski definition) is 3. The van der Waals surface area contributed by atoms with Gasteiger partial charge in [-0.1, -0.05) is 27.2 Å². The van der Waals surface area contributed by atoms with Crippen molar-refractivity contribution in [2.45, 2.75) is 65.3 Å². The molecule has 0 amide bonds. The van der Waals surface area contributed by atoms with Crippen LogP contribution in [0.25, 0.3) is 0 Å². The van der Waals surface area contributed by atoms with Gasteiger partial charge in [-0.15, -0.1) is 11.3 Å². The van der Waals surface area contributed by atoms with E-state index in [-0.39, 0.29) is 0 Å². The average molecular weight is 280 g/mol. The Kier molecular flexibility index (Phi) is 5.40. The van der Waals surface area contributed by atoms with Crippen LogP contribution in [0.3, 0.4) is 0 Å². The molecular formula is C16H28N2S. The van der Waals surface area contributed by atoms with E-state index in [0.717, 1.165) is 24.9 Å². The van der Waals surface area contributed by atoms with Gasteiger partial charge in [-0.2, -0.15) is 0 Å². The molecule has 19 heavy (non-hydrogen) atoms. The van der Waals surface area contributed by atoms with Gasteiger partial charge < -0.3 is 5.32 Å². The maximum atomic E-state index is 4.33. The fourth-order valence-electron chi connectivity index (χ4n) is 3.13. The first-order valence-corrected chi connectivity index (χ1v) is 8.66. The molecule has 108 valence electrons. The van der Waals surface area contributed by atoms with Crippen LogP contribution < -0.4 is 5.32 Å². The van der Waals surface area contributed by atoms with Gasteiger partial charge in [0.1, 0.15) is 0 Å². The number of rotatable bonds is 6. The fraction of sp³-hybridized carbons (Fsp3) is 0.812. The average Bonchev–Trinajstić information content (AvgIpc) is 2.92. The summed E-state index contributed by atoms with van der Waals surface area (Å²) in [5, 5.41) is 5.87. The fourth-order valence-corrected chi connectivity index (χ4v) is 3.73. The standard InChI is InChI=1S/C16H28N2S/c1-4-16(2,3)13-5-7-14(8-6-13)17-10-9-15-11-19-12-18-15/h11-14,17H,4-10H2,1-3H3. The van der Waals surface area contributed by atoms with Crippen molar-refractivity contribution in [3.05, 3.63) is 16.6 Å². The predicted molar refractivity (Wildman–Crippen MR) is 83.6 cm³/mol. The molecule has 0 atom stereocenters. The molecule has 1 aliphatic rings. The molecule has 0 aliphatic heterocycles. The van der Waals surface area contributed by atoms with E-state index in [4.69, 9.17) is 0 Å². The molecule has 0 saturated heterocycles. The van der Waals surface area contributed by atoms with Gasteiger partial charge in [-0.3, -0.25) is 0 Å². The molecule has 1 fully saturated rings. The predicted octanol–water partition coefficient (Wildman–Crippen LogP) is 4.27. The summed E-state index contributed by atoms with van der Waals surface area (Å²) in [6.07, 6.45) is 7.88. The first kappa shape index (κ1) is 15.0. The molecule has 2 rings (SSSR count). The Morgan fingerprint density at radius 2 is 2.05 bits per heavy atom. The van der Waals surface area contributed by atoms with Crippen molar-refractivity contribution in [2.75, 3.05) is 6.54 Å². The number of nitrogens with zero attached hydrogens (tertiary/aromatic N) is 1. The van der Waals surface area contributed by atoms with E-state index >= 15 is 0 Å². The Hall–Kier alpha value is -0.410. The largest absolute Gasteiger partial charge is 0.314 e. The van der Waals surface area contributed by atoms with Crippen LogP contribution in [0.5, 0.6) is 0 Å². The Labute approximate surface area is 122 Å². The Morgan fingerprint density at radius 1 is 1.32 bits per heavy atom. The van der Waals surface area contributed by atoms with Crippen LogP contribution >= 0.6 is 11.3 Å². The van der Waals surface area contributed by atoms with E-state index in [1.165, 1.54) is 37.8 Å². The van der Waals surface area contributed by atoms with Gasteiger partial charge in [-0.05, 0) is 37.0 Å². The van der Waals surface area contributed by atoms with Crippen LogP contribution in [0.2, 0.25) is 0 Å². The third-order valence-corrected chi connectivity index (χ3v) is 5.68. The van der Waals surface area contributed by atoms with E-state index in [1.54, 1.807) is 11.3 Å². The lowest BCUT2D eigenvalue weighted by Crippen LogP contribution is -2.37. The van der Waals surface area contributed by atoms with Crippen molar-refractivity contribution in [3.63, 3.8) is 0 Å². The van der Waals surface area contributed by atoms with Gasteiger partial charge in [-0.25, -0.2) is 4.98 Å². The molecule has 1 aromatic heterocycles. The van der Waals surface area contributed by atoms with Gasteiger partial charge in [0.25, 0.3) is 0 Å². The molecule has 0 aromatic carbocycles. The lowest BCUT2D eigenvalue weighted by Gasteiger charge is -2.39. The zero-order chi connectivity index (χ0) is 13.7. The quantitative estimate of drug-likeness (QED) is 0.841. The highest BCUT2D eigenvalue weighted by Gasteiger charge is 2.31. The number of hydrogen-bond donors (Lipinski definition) is 1. The minimum absolute atomic E-state index is 0.533. The minimum Gasteiger partial charge on any atom is -0.314 e. The number of aromatic nitrogens is 1. The summed E-state index contributed by atoms with van der Waals surface area (Å²) < 4.78 is 0. The highest BCUT2D eigenvalue weighted by Crippen LogP contribution is 2.40. The monoisotopic (exact) mass is 280 g/mol. The number of nitrogens with one attached hydrogen (secondary N) is 1. The summed E-state index contributed by atoms with van der Waals surface area (Å²) >= 11 is 1.69. The molecule has 0 unspecified atom stereocenters. The molecule has 2 nitrogen and oxygen atoms in total. The maximum Gasteiger partial charge on any atom is 0.0794 e. The minimum atomic E-state index is 0.533. The second-order valence-electron chi connectivity index (χ2n) is 6.57. The first-order chi connectivity index (χ1) is 9.12. The highest BCUT2D eigenvalue weighted by atomic mass is 32.1. The molecule has 0 radical (unpaired) electrons. The Bertz CT molecular complexity index is 351. The zero-order valence-corrected chi connectivity index (χ0v) is 13.4. The topological polar surface area (TPSA) is 24.9 Å². The molecule has 1 aromatic rings. The Morgan fingerprint density at radius 3 is 2.63 bits per heavy atom. The van der Waals surface area contributed by atoms with E-state index < -0.39 is 0 Å². The molecule has 0 spiro atoms. The summed E-state index contributed by atoms with van der Waals surface area (Å²) in [5.74, 6) is 0.925. The van der Waals surface area contributed by atoms with Crippen molar-refractivity contribution in [1.82, 2.24) is 10.3 Å². The molecule has 1 saturated carbocycles. The van der Waals surface area contributed by atoms with Crippen LogP contribution in [0, 0.1) is 11.3 Å². The van der Waals surface area contributed by atoms with Crippen molar-refractivity contribution < 1.29 is 0 Å². The van der Waals surface area contributed by atoms with Crippen LogP contribution in [0.15, 0.2) is 10.9 Å². The summed E-state index contributed by atoms with van der Waals surface area (Å²) in [6, 6.07) is 0.738. The van der Waals surface area contributed by atoms with Crippen LogP contribution in [0.1, 0.15) is 58.6 Å². The molecule has 1 aliphatic carbocycles. The molecular weight excluding hydrogens is 252 g/mol. The summed E-state index contributed by atoms with van der Waals surface area (Å²) in [5.41, 5.74) is 3.69. The van der Waals surface area contributed by atoms with Crippen molar-refractivity contribution in [2.24, 2.45) is 11.3 Å². The van der Waals surface area contributed by atoms with Gasteiger partial charge >= 0.3 is 0 Å². The van der Waals surface area contributed by atoms with E-state index in [1.807, 2.05) is 5.51 Å². The van der Waals surface area contributed by atoms with Gasteiger partial charge in [0.2, 0.25) is 0 Å². The van der Waals surface area contributed by atoms with Crippen LogP contribution in [-0.4, -0.2) is 17.6 Å². The van der Waals surface area contributed by atoms with Crippen LogP contribution in [-0.2, 0) is 6.42 Å². The van der Waals surface area contributed by atoms with Gasteiger partial charge in [0, 0.05) is 24.4 Å². The second-order valence-corrected chi connectivity index (χ2v) is 7.29. The van der Waals surface area contributed by atoms with Gasteiger partial charge in [0.15, 0.2) is 0 Å². The second kappa shape index (κ2) is 6.85. The highest BCUT2D eigenvalue weighted by molar-refractivity contribution is 7.07. The van der Waals surface area contributed by atoms with Crippen molar-refractivity contribution in [1.29, 1.82) is 0 Å². The molecule has 1 heterocycles. The summed E-state index contributed by atoms with van der Waals surface area (Å²) in [7, 11) is 0. The lowest BCUT2D eigenvalue weighted by atomic mass is 9.69. The zero-order valence-electron chi connectivity index (χ0n) is 12.6. The van der Waals surface area contributed by atoms with E-state index in [2.05, 4.69) is 36.5 Å². The smallest absolute Gasteiger partial charge is 0.0794 e. The normalized spacial score (nSPS) is 24.6. The van der Waals surface area contributed by atoms with Crippen molar-refractivity contribution >= 4 is 11.3 Å². The summed E-state index contributed by atoms with van der Waals surface area (Å²) in [6.45, 7) is 8.29. The maximum absolute atomic E-state index is 4.33. The lowest BCUT2D eigenvalue weighted by molar-refractivity contribution is 0.137. The summed E-state index contributed by atoms with van der Waals surface area (Å²) in [4.78, 5) is 4.33. The number of thiazole rings is 1. The van der Waals surface area contributed by atoms with Gasteiger partial charge in [0.05, 0.1) is 11.2 Å². The van der Waals surface area contributed by atoms with E-state index in [0.29, 0.717) is 5.41 Å². The van der Waals surface area contributed by atoms with Crippen LogP contribution in [0.4, 0.5) is 0 Å². The van der Waals surface area contributed by atoms with E-state index in [9.17, 15) is 0 Å². The molecule has 0 bridgehead atoms. The third kappa shape index (κ3) is 4.28. The third-order valence-electron chi connectivity index (χ3n) is 5.04. The van der Waals surface area contributed by atoms with Crippen molar-refractivity contribution in [3.8, 4) is 0 Å². The first-order valence-electron chi connectivity index (χ1n) is 7.72. The Balaban J connectivity index is 1.66. The SMILES string of the molecule is CCC(C)(C)C1CCC(NCCc2cscn2)CC1. The molecule has 1 N–H and O–H groups in total. The molecule has 3 heteroatoms.